The molecule has 1 atom stereocenters. The number of thiazole rings is 1. The van der Waals surface area contributed by atoms with E-state index in [-0.39, 0.29) is 23.9 Å². The molecule has 1 aliphatic heterocycles. The molecular formula is C34H38ClN5O3S. The van der Waals surface area contributed by atoms with Gasteiger partial charge in [-0.25, -0.2) is 4.98 Å². The molecule has 2 amide bonds. The number of aromatic nitrogens is 2. The number of carbonyl (C=O) groups is 2. The van der Waals surface area contributed by atoms with Crippen molar-refractivity contribution in [2.24, 2.45) is 11.7 Å². The lowest BCUT2D eigenvalue weighted by atomic mass is 9.96. The van der Waals surface area contributed by atoms with Crippen molar-refractivity contribution in [1.82, 2.24) is 19.8 Å². The maximum absolute atomic E-state index is 14.7. The fourth-order valence-corrected chi connectivity index (χ4v) is 6.73. The number of pyridine rings is 1. The Morgan fingerprint density at radius 3 is 2.41 bits per heavy atom. The highest BCUT2D eigenvalue weighted by molar-refractivity contribution is 7.13. The lowest BCUT2D eigenvalue weighted by Crippen LogP contribution is -2.57. The summed E-state index contributed by atoms with van der Waals surface area (Å²) in [6.45, 7) is 9.33. The molecule has 2 aromatic carbocycles. The van der Waals surface area contributed by atoms with Gasteiger partial charge in [0.2, 0.25) is 5.91 Å². The van der Waals surface area contributed by atoms with Gasteiger partial charge in [-0.15, -0.1) is 11.3 Å². The number of para-hydroxylation sites is 1. The summed E-state index contributed by atoms with van der Waals surface area (Å²) in [5.41, 5.74) is 11.4. The number of carbonyl (C=O) groups excluding carboxylic acids is 2. The van der Waals surface area contributed by atoms with E-state index < -0.39 is 11.9 Å². The van der Waals surface area contributed by atoms with Crippen molar-refractivity contribution in [2.75, 3.05) is 19.6 Å². The van der Waals surface area contributed by atoms with Crippen LogP contribution >= 0.6 is 22.9 Å². The van der Waals surface area contributed by atoms with Crippen LogP contribution < -0.4 is 16.6 Å². The Bertz CT molecular complexity index is 1720. The molecular weight excluding hydrogens is 594 g/mol. The number of aryl methyl sites for hydroxylation is 2. The van der Waals surface area contributed by atoms with Gasteiger partial charge in [-0.2, -0.15) is 0 Å². The first-order valence-electron chi connectivity index (χ1n) is 15.1. The molecule has 4 aromatic rings. The van der Waals surface area contributed by atoms with E-state index >= 15 is 0 Å². The smallest absolute Gasteiger partial charge is 0.265 e. The zero-order chi connectivity index (χ0) is 31.5. The van der Waals surface area contributed by atoms with Crippen LogP contribution in [0.4, 0.5) is 0 Å². The molecule has 0 bridgehead atoms. The normalized spacial score (nSPS) is 15.1. The van der Waals surface area contributed by atoms with Gasteiger partial charge in [-0.05, 0) is 54.5 Å². The molecule has 3 heterocycles. The minimum atomic E-state index is -0.639. The molecule has 44 heavy (non-hydrogen) atoms. The second-order valence-corrected chi connectivity index (χ2v) is 12.8. The molecule has 0 radical (unpaired) electrons. The van der Waals surface area contributed by atoms with Gasteiger partial charge >= 0.3 is 0 Å². The summed E-state index contributed by atoms with van der Waals surface area (Å²) >= 11 is 7.47. The van der Waals surface area contributed by atoms with E-state index in [2.05, 4.69) is 33.0 Å². The zero-order valence-electron chi connectivity index (χ0n) is 25.5. The highest BCUT2D eigenvalue weighted by Gasteiger charge is 2.31. The third-order valence-electron chi connectivity index (χ3n) is 8.00. The summed E-state index contributed by atoms with van der Waals surface area (Å²) < 4.78 is 1.78. The number of hydrogen-bond donors (Lipinski definition) is 2. The Kier molecular flexibility index (Phi) is 9.68. The van der Waals surface area contributed by atoms with Gasteiger partial charge in [0.1, 0.15) is 11.0 Å². The summed E-state index contributed by atoms with van der Waals surface area (Å²) in [6.07, 6.45) is 1.96. The first-order valence-corrected chi connectivity index (χ1v) is 16.3. The van der Waals surface area contributed by atoms with E-state index in [4.69, 9.17) is 22.3 Å². The monoisotopic (exact) mass is 631 g/mol. The SMILES string of the molecule is CCc1cccc(CC)c1-n1c(CC(C)C)c(C(=O)N2CCNC(C(N)=O)C2)cc(-c2nc(-c3ccc(Cl)cc3)cs2)c1=O. The van der Waals surface area contributed by atoms with Crippen molar-refractivity contribution in [3.8, 4) is 27.5 Å². The summed E-state index contributed by atoms with van der Waals surface area (Å²) in [5.74, 6) is -0.572. The van der Waals surface area contributed by atoms with Gasteiger partial charge in [-0.3, -0.25) is 19.0 Å². The van der Waals surface area contributed by atoms with Crippen molar-refractivity contribution in [3.05, 3.63) is 91.7 Å². The summed E-state index contributed by atoms with van der Waals surface area (Å²) in [5, 5.41) is 6.17. The minimum Gasteiger partial charge on any atom is -0.368 e. The molecule has 230 valence electrons. The van der Waals surface area contributed by atoms with Crippen molar-refractivity contribution in [2.45, 2.75) is 53.0 Å². The molecule has 1 aliphatic rings. The lowest BCUT2D eigenvalue weighted by molar-refractivity contribution is -0.120. The van der Waals surface area contributed by atoms with Gasteiger partial charge in [0.05, 0.1) is 22.5 Å². The Hall–Kier alpha value is -3.79. The lowest BCUT2D eigenvalue weighted by Gasteiger charge is -2.33. The molecule has 1 saturated heterocycles. The summed E-state index contributed by atoms with van der Waals surface area (Å²) in [6, 6.07) is 14.6. The van der Waals surface area contributed by atoms with Crippen LogP contribution in [0.25, 0.3) is 27.5 Å². The molecule has 0 spiro atoms. The number of hydrogen-bond acceptors (Lipinski definition) is 6. The predicted molar refractivity (Wildman–Crippen MR) is 178 cm³/mol. The fourth-order valence-electron chi connectivity index (χ4n) is 5.76. The van der Waals surface area contributed by atoms with E-state index in [1.54, 1.807) is 27.7 Å². The number of rotatable bonds is 9. The predicted octanol–water partition coefficient (Wildman–Crippen LogP) is 5.50. The molecule has 2 aromatic heterocycles. The van der Waals surface area contributed by atoms with Crippen LogP contribution in [-0.4, -0.2) is 51.9 Å². The third kappa shape index (κ3) is 6.36. The number of nitrogens with two attached hydrogens (primary N) is 1. The van der Waals surface area contributed by atoms with Gasteiger partial charge in [0, 0.05) is 41.3 Å². The topological polar surface area (TPSA) is 110 Å². The van der Waals surface area contributed by atoms with E-state index in [9.17, 15) is 14.4 Å². The highest BCUT2D eigenvalue weighted by Crippen LogP contribution is 2.32. The van der Waals surface area contributed by atoms with Gasteiger partial charge < -0.3 is 16.0 Å². The first-order chi connectivity index (χ1) is 21.1. The number of piperazine rings is 1. The number of halogens is 1. The van der Waals surface area contributed by atoms with Crippen LogP contribution in [0, 0.1) is 5.92 Å². The van der Waals surface area contributed by atoms with Crippen molar-refractivity contribution in [1.29, 1.82) is 0 Å². The number of nitrogens with zero attached hydrogens (tertiary/aromatic N) is 3. The Morgan fingerprint density at radius 1 is 1.11 bits per heavy atom. The van der Waals surface area contributed by atoms with Crippen LogP contribution in [0.3, 0.4) is 0 Å². The number of nitrogens with one attached hydrogen (secondary N) is 1. The molecule has 8 nitrogen and oxygen atoms in total. The average molecular weight is 632 g/mol. The highest BCUT2D eigenvalue weighted by atomic mass is 35.5. The maximum Gasteiger partial charge on any atom is 0.265 e. The minimum absolute atomic E-state index is 0.160. The second kappa shape index (κ2) is 13.5. The number of primary amides is 1. The van der Waals surface area contributed by atoms with Crippen LogP contribution in [0.5, 0.6) is 0 Å². The zero-order valence-corrected chi connectivity index (χ0v) is 27.1. The van der Waals surface area contributed by atoms with Crippen LogP contribution in [0.1, 0.15) is 54.9 Å². The van der Waals surface area contributed by atoms with E-state index in [0.29, 0.717) is 46.4 Å². The van der Waals surface area contributed by atoms with Crippen molar-refractivity contribution < 1.29 is 9.59 Å². The van der Waals surface area contributed by atoms with Crippen molar-refractivity contribution in [3.63, 3.8) is 0 Å². The largest absolute Gasteiger partial charge is 0.368 e. The Labute approximate surface area is 266 Å². The molecule has 1 unspecified atom stereocenters. The third-order valence-corrected chi connectivity index (χ3v) is 9.13. The maximum atomic E-state index is 14.7. The fraction of sp³-hybridized carbons (Fsp3) is 0.353. The van der Waals surface area contributed by atoms with Gasteiger partial charge in [0.15, 0.2) is 0 Å². The quantitative estimate of drug-likeness (QED) is 0.253. The van der Waals surface area contributed by atoms with Crippen LogP contribution in [0.15, 0.2) is 58.7 Å². The molecule has 0 saturated carbocycles. The number of amides is 2. The average Bonchev–Trinajstić information content (AvgIpc) is 3.51. The Morgan fingerprint density at radius 2 is 1.80 bits per heavy atom. The molecule has 0 aliphatic carbocycles. The van der Waals surface area contributed by atoms with E-state index in [1.807, 2.05) is 35.7 Å². The number of benzene rings is 2. The van der Waals surface area contributed by atoms with Gasteiger partial charge in [0.25, 0.3) is 11.5 Å². The summed E-state index contributed by atoms with van der Waals surface area (Å²) in [7, 11) is 0. The van der Waals surface area contributed by atoms with E-state index in [1.165, 1.54) is 11.3 Å². The van der Waals surface area contributed by atoms with Gasteiger partial charge in [-0.1, -0.05) is 69.6 Å². The molecule has 5 rings (SSSR count). The van der Waals surface area contributed by atoms with Crippen LogP contribution in [0.2, 0.25) is 5.02 Å². The molecule has 3 N–H and O–H groups in total. The molecule has 10 heteroatoms. The Balaban J connectivity index is 1.78. The van der Waals surface area contributed by atoms with Crippen molar-refractivity contribution >= 4 is 34.8 Å². The first kappa shape index (κ1) is 31.6. The van der Waals surface area contributed by atoms with Crippen LogP contribution in [-0.2, 0) is 24.1 Å². The summed E-state index contributed by atoms with van der Waals surface area (Å²) in [4.78, 5) is 47.7. The van der Waals surface area contributed by atoms with E-state index in [0.717, 1.165) is 40.9 Å². The standard InChI is InChI=1S/C34H38ClN5O3S/c1-5-21-8-7-9-22(6-2)30(21)40-29(16-20(3)4)25(33(42)39-15-14-37-27(18-39)31(36)41)17-26(34(40)43)32-38-28(19-44-32)23-10-12-24(35)13-11-23/h7-13,17,19-20,27,37H,5-6,14-16,18H2,1-4H3,(H2,36,41). The molecule has 1 fully saturated rings. The second-order valence-electron chi connectivity index (χ2n) is 11.5.